The van der Waals surface area contributed by atoms with Crippen molar-refractivity contribution >= 4 is 24.2 Å². The zero-order valence-electron chi connectivity index (χ0n) is 6.78. The van der Waals surface area contributed by atoms with E-state index in [0.717, 1.165) is 16.0 Å². The number of ether oxygens (including phenoxy) is 1. The maximum Gasteiger partial charge on any atom is 0.336 e. The van der Waals surface area contributed by atoms with Crippen LogP contribution in [0, 0.1) is 0 Å². The molecule has 3 rings (SSSR count). The molecule has 13 heavy (non-hydrogen) atoms. The van der Waals surface area contributed by atoms with Gasteiger partial charge in [-0.15, -0.1) is 0 Å². The van der Waals surface area contributed by atoms with Crippen molar-refractivity contribution in [3.8, 4) is 5.75 Å². The van der Waals surface area contributed by atoms with Crippen molar-refractivity contribution in [1.82, 2.24) is 0 Å². The van der Waals surface area contributed by atoms with Gasteiger partial charge in [0.15, 0.2) is 0 Å². The van der Waals surface area contributed by atoms with Gasteiger partial charge in [-0.2, -0.15) is 0 Å². The fraction of sp³-hybridized carbons (Fsp3) is 0. The van der Waals surface area contributed by atoms with E-state index in [1.807, 2.05) is 30.4 Å². The van der Waals surface area contributed by atoms with E-state index in [1.165, 1.54) is 6.08 Å². The molecule has 0 fully saturated rings. The largest absolute Gasteiger partial charge is 0.422 e. The van der Waals surface area contributed by atoms with Crippen LogP contribution in [-0.2, 0) is 4.79 Å². The maximum atomic E-state index is 11.0. The minimum Gasteiger partial charge on any atom is -0.422 e. The van der Waals surface area contributed by atoms with Crippen LogP contribution < -0.4 is 15.2 Å². The molecular formula is C11H6O2. The van der Waals surface area contributed by atoms with E-state index in [-0.39, 0.29) is 5.97 Å². The van der Waals surface area contributed by atoms with Gasteiger partial charge < -0.3 is 4.74 Å². The number of rotatable bonds is 0. The van der Waals surface area contributed by atoms with Gasteiger partial charge in [-0.3, -0.25) is 0 Å². The van der Waals surface area contributed by atoms with Crippen molar-refractivity contribution in [1.29, 1.82) is 0 Å². The molecule has 0 unspecified atom stereocenters. The van der Waals surface area contributed by atoms with E-state index in [4.69, 9.17) is 4.74 Å². The summed E-state index contributed by atoms with van der Waals surface area (Å²) in [4.78, 5) is 11.0. The lowest BCUT2D eigenvalue weighted by Crippen LogP contribution is -2.11. The van der Waals surface area contributed by atoms with Gasteiger partial charge in [0.2, 0.25) is 0 Å². The number of carbonyl (C=O) groups is 1. The van der Waals surface area contributed by atoms with Gasteiger partial charge in [0.25, 0.3) is 0 Å². The van der Waals surface area contributed by atoms with Gasteiger partial charge in [-0.1, -0.05) is 30.4 Å². The summed E-state index contributed by atoms with van der Waals surface area (Å²) in [6, 6.07) is 3.90. The average Bonchev–Trinajstić information content (AvgIpc) is 2.65. The third kappa shape index (κ3) is 0.798. The standard InChI is InChI=1S/C11H6O2/c12-10-6-8-5-4-7-2-1-3-9(7)11(8)13-10/h1-6H. The lowest BCUT2D eigenvalue weighted by molar-refractivity contribution is -0.126. The van der Waals surface area contributed by atoms with Crippen molar-refractivity contribution in [3.63, 3.8) is 0 Å². The first-order valence-corrected chi connectivity index (χ1v) is 4.09. The Balaban J connectivity index is 2.46. The Hall–Kier alpha value is -1.83. The Morgan fingerprint density at radius 2 is 2.00 bits per heavy atom. The minimum atomic E-state index is -0.274. The Kier molecular flexibility index (Phi) is 1.08. The maximum absolute atomic E-state index is 11.0. The van der Waals surface area contributed by atoms with E-state index in [2.05, 4.69) is 0 Å². The van der Waals surface area contributed by atoms with E-state index < -0.39 is 0 Å². The van der Waals surface area contributed by atoms with Gasteiger partial charge >= 0.3 is 5.97 Å². The highest BCUT2D eigenvalue weighted by atomic mass is 16.5. The molecule has 2 heteroatoms. The van der Waals surface area contributed by atoms with Crippen molar-refractivity contribution in [2.45, 2.75) is 0 Å². The van der Waals surface area contributed by atoms with Crippen molar-refractivity contribution in [2.24, 2.45) is 0 Å². The predicted octanol–water partition coefficient (Wildman–Crippen LogP) is 0.193. The molecule has 0 bridgehead atoms. The van der Waals surface area contributed by atoms with E-state index >= 15 is 0 Å². The fourth-order valence-electron chi connectivity index (χ4n) is 1.68. The third-order valence-corrected chi connectivity index (χ3v) is 2.27. The quantitative estimate of drug-likeness (QED) is 0.410. The SMILES string of the molecule is O=C1C=c2ccc3c(c2O1)C=CC=3. The Morgan fingerprint density at radius 1 is 1.15 bits per heavy atom. The van der Waals surface area contributed by atoms with Crippen LogP contribution in [0.4, 0.5) is 0 Å². The molecular weight excluding hydrogens is 164 g/mol. The molecule has 0 saturated heterocycles. The summed E-state index contributed by atoms with van der Waals surface area (Å²) in [6.07, 6.45) is 7.43. The molecule has 1 aliphatic carbocycles. The summed E-state index contributed by atoms with van der Waals surface area (Å²) in [5.74, 6) is 0.427. The fourth-order valence-corrected chi connectivity index (χ4v) is 1.68. The molecule has 2 aliphatic rings. The van der Waals surface area contributed by atoms with Gasteiger partial charge in [0.1, 0.15) is 5.75 Å². The number of hydrogen-bond acceptors (Lipinski definition) is 2. The summed E-state index contributed by atoms with van der Waals surface area (Å²) < 4.78 is 5.08. The molecule has 0 spiro atoms. The van der Waals surface area contributed by atoms with Crippen molar-refractivity contribution < 1.29 is 9.53 Å². The summed E-state index contributed by atoms with van der Waals surface area (Å²) in [5.41, 5.74) is 1.01. The third-order valence-electron chi connectivity index (χ3n) is 2.27. The van der Waals surface area contributed by atoms with Crippen LogP contribution in [0.15, 0.2) is 18.2 Å². The van der Waals surface area contributed by atoms with Crippen molar-refractivity contribution in [2.75, 3.05) is 0 Å². The first kappa shape index (κ1) is 6.66. The number of hydrogen-bond donors (Lipinski definition) is 0. The topological polar surface area (TPSA) is 26.3 Å². The summed E-state index contributed by atoms with van der Waals surface area (Å²) >= 11 is 0. The molecule has 0 atom stereocenters. The first-order valence-electron chi connectivity index (χ1n) is 4.09. The molecule has 1 aromatic rings. The summed E-state index contributed by atoms with van der Waals surface area (Å²) in [6.45, 7) is 0. The summed E-state index contributed by atoms with van der Waals surface area (Å²) in [5, 5.41) is 1.99. The zero-order chi connectivity index (χ0) is 8.84. The van der Waals surface area contributed by atoms with E-state index in [0.29, 0.717) is 5.75 Å². The number of fused-ring (bicyclic) bond motifs is 3. The molecule has 0 aromatic heterocycles. The molecule has 0 radical (unpaired) electrons. The second-order valence-electron chi connectivity index (χ2n) is 3.08. The molecule has 0 N–H and O–H groups in total. The lowest BCUT2D eigenvalue weighted by Gasteiger charge is -1.99. The van der Waals surface area contributed by atoms with E-state index in [1.54, 1.807) is 0 Å². The van der Waals surface area contributed by atoms with Crippen LogP contribution in [0.25, 0.3) is 18.2 Å². The minimum absolute atomic E-state index is 0.274. The number of carbonyl (C=O) groups excluding carboxylic acids is 1. The summed E-state index contributed by atoms with van der Waals surface area (Å²) in [7, 11) is 0. The average molecular weight is 170 g/mol. The molecule has 1 aliphatic heterocycles. The normalized spacial score (nSPS) is 15.8. The van der Waals surface area contributed by atoms with E-state index in [9.17, 15) is 4.79 Å². The van der Waals surface area contributed by atoms with Crippen molar-refractivity contribution in [3.05, 3.63) is 34.2 Å². The Labute approximate surface area is 74.5 Å². The Morgan fingerprint density at radius 3 is 2.92 bits per heavy atom. The molecule has 62 valence electrons. The number of allylic oxidation sites excluding steroid dienone is 1. The van der Waals surface area contributed by atoms with Crippen LogP contribution in [0.1, 0.15) is 5.56 Å². The monoisotopic (exact) mass is 170 g/mol. The van der Waals surface area contributed by atoms with Crippen LogP contribution >= 0.6 is 0 Å². The lowest BCUT2D eigenvalue weighted by atomic mass is 10.1. The van der Waals surface area contributed by atoms with Gasteiger partial charge in [0.05, 0.1) is 0 Å². The van der Waals surface area contributed by atoms with Gasteiger partial charge in [0, 0.05) is 16.9 Å². The molecule has 1 heterocycles. The van der Waals surface area contributed by atoms with Crippen LogP contribution in [0.2, 0.25) is 0 Å². The molecule has 2 nitrogen and oxygen atoms in total. The molecule has 0 amide bonds. The first-order chi connectivity index (χ1) is 6.34. The van der Waals surface area contributed by atoms with Gasteiger partial charge in [-0.25, -0.2) is 4.79 Å². The number of esters is 1. The van der Waals surface area contributed by atoms with Crippen LogP contribution in [0.5, 0.6) is 5.75 Å². The van der Waals surface area contributed by atoms with Crippen LogP contribution in [0.3, 0.4) is 0 Å². The Bertz CT molecular complexity index is 550. The zero-order valence-corrected chi connectivity index (χ0v) is 6.78. The molecule has 1 aromatic carbocycles. The number of benzene rings is 1. The highest BCUT2D eigenvalue weighted by molar-refractivity contribution is 6.05. The highest BCUT2D eigenvalue weighted by Crippen LogP contribution is 2.17. The smallest absolute Gasteiger partial charge is 0.336 e. The van der Waals surface area contributed by atoms with Gasteiger partial charge in [-0.05, 0) is 5.22 Å². The second-order valence-corrected chi connectivity index (χ2v) is 3.08. The molecule has 0 saturated carbocycles. The highest BCUT2D eigenvalue weighted by Gasteiger charge is 2.16. The van der Waals surface area contributed by atoms with Crippen LogP contribution in [-0.4, -0.2) is 5.97 Å². The predicted molar refractivity (Wildman–Crippen MR) is 49.3 cm³/mol. The second kappa shape index (κ2) is 2.10.